The van der Waals surface area contributed by atoms with Gasteiger partial charge >= 0.3 is 0 Å². The lowest BCUT2D eigenvalue weighted by Gasteiger charge is -2.10. The third-order valence-electron chi connectivity index (χ3n) is 4.38. The summed E-state index contributed by atoms with van der Waals surface area (Å²) >= 11 is 12.1. The number of methoxy groups -OCH3 is 2. The minimum atomic E-state index is -0.515. The topological polar surface area (TPSA) is 89.0 Å². The fraction of sp³-hybridized carbons (Fsp3) is 0.0870. The van der Waals surface area contributed by atoms with Gasteiger partial charge in [0.25, 0.3) is 11.8 Å². The molecule has 3 aromatic carbocycles. The van der Waals surface area contributed by atoms with Gasteiger partial charge in [0.05, 0.1) is 36.7 Å². The molecule has 0 aliphatic rings. The molecule has 3 rings (SSSR count). The first-order valence-corrected chi connectivity index (χ1v) is 10.1. The molecule has 0 saturated carbocycles. The summed E-state index contributed by atoms with van der Waals surface area (Å²) in [5, 5.41) is 7.41. The standard InChI is InChI=1S/C23H19Cl2N3O4/c1-31-17-9-7-14(8-10-17)22(29)27-20-6-4-3-5-18(20)23(30)28-26-13-15-11-16(24)12-19(25)21(15)32-2/h3-13H,1-2H3,(H,27,29)(H,28,30)/b26-13+. The smallest absolute Gasteiger partial charge is 0.273 e. The van der Waals surface area contributed by atoms with Gasteiger partial charge in [-0.25, -0.2) is 5.43 Å². The number of rotatable bonds is 7. The van der Waals surface area contributed by atoms with Gasteiger partial charge in [0.1, 0.15) is 11.5 Å². The maximum atomic E-state index is 12.7. The summed E-state index contributed by atoms with van der Waals surface area (Å²) in [6.45, 7) is 0. The Morgan fingerprint density at radius 2 is 1.66 bits per heavy atom. The average Bonchev–Trinajstić information content (AvgIpc) is 2.79. The van der Waals surface area contributed by atoms with Crippen LogP contribution >= 0.6 is 23.2 Å². The number of carbonyl (C=O) groups excluding carboxylic acids is 2. The fourth-order valence-corrected chi connectivity index (χ4v) is 3.43. The first-order chi connectivity index (χ1) is 15.4. The average molecular weight is 472 g/mol. The van der Waals surface area contributed by atoms with Gasteiger partial charge < -0.3 is 14.8 Å². The van der Waals surface area contributed by atoms with Gasteiger partial charge in [-0.1, -0.05) is 35.3 Å². The number of amides is 2. The summed E-state index contributed by atoms with van der Waals surface area (Å²) in [4.78, 5) is 25.2. The third kappa shape index (κ3) is 5.57. The lowest BCUT2D eigenvalue weighted by Crippen LogP contribution is -2.21. The predicted octanol–water partition coefficient (Wildman–Crippen LogP) is 5.03. The van der Waals surface area contributed by atoms with E-state index in [-0.39, 0.29) is 11.5 Å². The highest BCUT2D eigenvalue weighted by Crippen LogP contribution is 2.31. The summed E-state index contributed by atoms with van der Waals surface area (Å²) in [5.41, 5.74) is 3.92. The van der Waals surface area contributed by atoms with E-state index in [1.165, 1.54) is 13.3 Å². The van der Waals surface area contributed by atoms with Crippen LogP contribution in [-0.4, -0.2) is 32.2 Å². The zero-order valence-corrected chi connectivity index (χ0v) is 18.7. The molecule has 0 atom stereocenters. The number of nitrogens with one attached hydrogen (secondary N) is 2. The Morgan fingerprint density at radius 1 is 0.938 bits per heavy atom. The van der Waals surface area contributed by atoms with Crippen LogP contribution in [0, 0.1) is 0 Å². The van der Waals surface area contributed by atoms with Gasteiger partial charge in [0.15, 0.2) is 0 Å². The van der Waals surface area contributed by atoms with Gasteiger partial charge in [-0.15, -0.1) is 0 Å². The molecule has 3 aromatic rings. The molecule has 2 N–H and O–H groups in total. The first-order valence-electron chi connectivity index (χ1n) is 9.33. The molecule has 0 aliphatic heterocycles. The van der Waals surface area contributed by atoms with E-state index < -0.39 is 5.91 Å². The maximum Gasteiger partial charge on any atom is 0.273 e. The van der Waals surface area contributed by atoms with Crippen molar-refractivity contribution < 1.29 is 19.1 Å². The van der Waals surface area contributed by atoms with E-state index >= 15 is 0 Å². The lowest BCUT2D eigenvalue weighted by molar-refractivity contribution is 0.0956. The van der Waals surface area contributed by atoms with E-state index in [1.807, 2.05) is 0 Å². The Morgan fingerprint density at radius 3 is 2.34 bits per heavy atom. The van der Waals surface area contributed by atoms with Crippen molar-refractivity contribution in [2.24, 2.45) is 5.10 Å². The quantitative estimate of drug-likeness (QED) is 0.373. The second-order valence-corrected chi connectivity index (χ2v) is 7.28. The molecule has 0 bridgehead atoms. The van der Waals surface area contributed by atoms with Crippen molar-refractivity contribution in [2.45, 2.75) is 0 Å². The first kappa shape index (κ1) is 23.1. The highest BCUT2D eigenvalue weighted by Gasteiger charge is 2.14. The van der Waals surface area contributed by atoms with E-state index in [2.05, 4.69) is 15.8 Å². The SMILES string of the molecule is COc1ccc(C(=O)Nc2ccccc2C(=O)N/N=C/c2cc(Cl)cc(Cl)c2OC)cc1. The van der Waals surface area contributed by atoms with Gasteiger partial charge in [-0.3, -0.25) is 9.59 Å². The normalized spacial score (nSPS) is 10.6. The van der Waals surface area contributed by atoms with Gasteiger partial charge in [0, 0.05) is 16.1 Å². The Bertz CT molecular complexity index is 1160. The monoisotopic (exact) mass is 471 g/mol. The molecule has 0 radical (unpaired) electrons. The zero-order valence-electron chi connectivity index (χ0n) is 17.2. The van der Waals surface area contributed by atoms with E-state index in [0.29, 0.717) is 38.4 Å². The predicted molar refractivity (Wildman–Crippen MR) is 125 cm³/mol. The number of nitrogens with zero attached hydrogens (tertiary/aromatic N) is 1. The molecule has 164 valence electrons. The largest absolute Gasteiger partial charge is 0.497 e. The lowest BCUT2D eigenvalue weighted by atomic mass is 10.1. The molecule has 0 fully saturated rings. The molecule has 0 spiro atoms. The number of anilines is 1. The number of benzene rings is 3. The molecular weight excluding hydrogens is 453 g/mol. The van der Waals surface area contributed by atoms with Gasteiger partial charge in [-0.2, -0.15) is 5.10 Å². The Kier molecular flexibility index (Phi) is 7.70. The molecule has 32 heavy (non-hydrogen) atoms. The summed E-state index contributed by atoms with van der Waals surface area (Å²) < 4.78 is 10.3. The van der Waals surface area contributed by atoms with Crippen LogP contribution in [0.15, 0.2) is 65.8 Å². The summed E-state index contributed by atoms with van der Waals surface area (Å²) in [6.07, 6.45) is 1.37. The molecule has 9 heteroatoms. The van der Waals surface area contributed by atoms with Crippen LogP contribution in [-0.2, 0) is 0 Å². The van der Waals surface area contributed by atoms with Crippen molar-refractivity contribution in [1.82, 2.24) is 5.43 Å². The summed E-state index contributed by atoms with van der Waals surface area (Å²) in [6, 6.07) is 16.4. The minimum Gasteiger partial charge on any atom is -0.497 e. The third-order valence-corrected chi connectivity index (χ3v) is 4.88. The second-order valence-electron chi connectivity index (χ2n) is 6.44. The minimum absolute atomic E-state index is 0.239. The number of para-hydroxylation sites is 1. The molecule has 0 aromatic heterocycles. The van der Waals surface area contributed by atoms with Crippen molar-refractivity contribution >= 4 is 46.9 Å². The summed E-state index contributed by atoms with van der Waals surface area (Å²) in [7, 11) is 3.01. The molecule has 0 saturated heterocycles. The molecule has 2 amide bonds. The number of halogens is 2. The van der Waals surface area contributed by atoms with E-state index in [1.54, 1.807) is 67.8 Å². The molecule has 7 nitrogen and oxygen atoms in total. The molecule has 0 unspecified atom stereocenters. The fourth-order valence-electron chi connectivity index (χ4n) is 2.84. The Labute approximate surface area is 194 Å². The Balaban J connectivity index is 1.74. The number of hydrazone groups is 1. The molecule has 0 aliphatic carbocycles. The number of ether oxygens (including phenoxy) is 2. The maximum absolute atomic E-state index is 12.7. The number of hydrogen-bond acceptors (Lipinski definition) is 5. The number of hydrogen-bond donors (Lipinski definition) is 2. The van der Waals surface area contributed by atoms with Crippen molar-refractivity contribution in [1.29, 1.82) is 0 Å². The highest BCUT2D eigenvalue weighted by molar-refractivity contribution is 6.36. The van der Waals surface area contributed by atoms with Crippen LogP contribution in [0.1, 0.15) is 26.3 Å². The molecule has 0 heterocycles. The van der Waals surface area contributed by atoms with Crippen LogP contribution in [0.5, 0.6) is 11.5 Å². The van der Waals surface area contributed by atoms with Crippen LogP contribution < -0.4 is 20.2 Å². The second kappa shape index (κ2) is 10.7. The summed E-state index contributed by atoms with van der Waals surface area (Å²) in [5.74, 6) is 0.131. The van der Waals surface area contributed by atoms with E-state index in [4.69, 9.17) is 32.7 Å². The van der Waals surface area contributed by atoms with E-state index in [9.17, 15) is 9.59 Å². The highest BCUT2D eigenvalue weighted by atomic mass is 35.5. The van der Waals surface area contributed by atoms with Crippen LogP contribution in [0.3, 0.4) is 0 Å². The van der Waals surface area contributed by atoms with Crippen molar-refractivity contribution in [3.8, 4) is 11.5 Å². The zero-order chi connectivity index (χ0) is 23.1. The van der Waals surface area contributed by atoms with Crippen LogP contribution in [0.25, 0.3) is 0 Å². The van der Waals surface area contributed by atoms with Crippen molar-refractivity contribution in [3.63, 3.8) is 0 Å². The number of carbonyl (C=O) groups is 2. The Hall–Kier alpha value is -3.55. The van der Waals surface area contributed by atoms with Crippen molar-refractivity contribution in [3.05, 3.63) is 87.4 Å². The van der Waals surface area contributed by atoms with E-state index in [0.717, 1.165) is 0 Å². The molecular formula is C23H19Cl2N3O4. The van der Waals surface area contributed by atoms with Gasteiger partial charge in [0.2, 0.25) is 0 Å². The van der Waals surface area contributed by atoms with Crippen LogP contribution in [0.4, 0.5) is 5.69 Å². The van der Waals surface area contributed by atoms with Crippen LogP contribution in [0.2, 0.25) is 10.0 Å². The van der Waals surface area contributed by atoms with Gasteiger partial charge in [-0.05, 0) is 48.5 Å². The van der Waals surface area contributed by atoms with Crippen molar-refractivity contribution in [2.75, 3.05) is 19.5 Å².